The number of hydrogen-bond donors (Lipinski definition) is 0. The first-order valence-electron chi connectivity index (χ1n) is 4.51. The number of carbonyl (C=O) groups is 1. The minimum atomic E-state index is -0.338. The van der Waals surface area contributed by atoms with Crippen LogP contribution in [0.2, 0.25) is 5.02 Å². The molecule has 0 aromatic heterocycles. The molecule has 0 aliphatic carbocycles. The number of nitriles is 1. The predicted molar refractivity (Wildman–Crippen MR) is 56.5 cm³/mol. The molecule has 0 radical (unpaired) electrons. The van der Waals surface area contributed by atoms with Crippen molar-refractivity contribution in [3.8, 4) is 6.07 Å². The van der Waals surface area contributed by atoms with Crippen LogP contribution in [0.15, 0.2) is 18.2 Å². The Bertz CT molecular complexity index is 410. The smallest absolute Gasteiger partial charge is 0.310 e. The van der Waals surface area contributed by atoms with Gasteiger partial charge in [-0.1, -0.05) is 11.6 Å². The van der Waals surface area contributed by atoms with Crippen LogP contribution in [0.1, 0.15) is 18.1 Å². The number of benzene rings is 1. The molecule has 0 heterocycles. The number of halogens is 1. The Balaban J connectivity index is 2.85. The fraction of sp³-hybridized carbons (Fsp3) is 0.273. The van der Waals surface area contributed by atoms with Crippen molar-refractivity contribution in [3.63, 3.8) is 0 Å². The lowest BCUT2D eigenvalue weighted by atomic mass is 10.1. The van der Waals surface area contributed by atoms with Gasteiger partial charge in [-0.3, -0.25) is 4.79 Å². The van der Waals surface area contributed by atoms with Crippen LogP contribution in [-0.2, 0) is 16.0 Å². The van der Waals surface area contributed by atoms with Crippen molar-refractivity contribution in [1.29, 1.82) is 5.26 Å². The normalized spacial score (nSPS) is 9.40. The summed E-state index contributed by atoms with van der Waals surface area (Å²) in [6, 6.07) is 6.80. The summed E-state index contributed by atoms with van der Waals surface area (Å²) in [5.41, 5.74) is 1.10. The number of nitrogens with zero attached hydrogens (tertiary/aromatic N) is 1. The molecular formula is C11H10ClNO2. The van der Waals surface area contributed by atoms with E-state index in [1.54, 1.807) is 25.1 Å². The van der Waals surface area contributed by atoms with Crippen molar-refractivity contribution in [2.45, 2.75) is 13.3 Å². The van der Waals surface area contributed by atoms with Gasteiger partial charge in [-0.25, -0.2) is 0 Å². The Hall–Kier alpha value is -1.53. The summed E-state index contributed by atoms with van der Waals surface area (Å²) in [5.74, 6) is -0.338. The molecule has 0 spiro atoms. The second-order valence-electron chi connectivity index (χ2n) is 2.90. The van der Waals surface area contributed by atoms with Gasteiger partial charge >= 0.3 is 5.97 Å². The van der Waals surface area contributed by atoms with Gasteiger partial charge in [0.05, 0.1) is 24.7 Å². The largest absolute Gasteiger partial charge is 0.466 e. The highest BCUT2D eigenvalue weighted by Crippen LogP contribution is 2.18. The highest BCUT2D eigenvalue weighted by atomic mass is 35.5. The molecule has 0 aliphatic heterocycles. The molecule has 0 fully saturated rings. The monoisotopic (exact) mass is 223 g/mol. The Labute approximate surface area is 93.2 Å². The Morgan fingerprint density at radius 1 is 1.60 bits per heavy atom. The van der Waals surface area contributed by atoms with Crippen LogP contribution in [0.3, 0.4) is 0 Å². The van der Waals surface area contributed by atoms with E-state index in [-0.39, 0.29) is 12.4 Å². The quantitative estimate of drug-likeness (QED) is 0.739. The van der Waals surface area contributed by atoms with Crippen molar-refractivity contribution in [2.24, 2.45) is 0 Å². The third-order valence-corrected chi connectivity index (χ3v) is 2.18. The second kappa shape index (κ2) is 5.38. The summed E-state index contributed by atoms with van der Waals surface area (Å²) in [6.07, 6.45) is 0.0994. The lowest BCUT2D eigenvalue weighted by Gasteiger charge is -2.04. The van der Waals surface area contributed by atoms with Crippen molar-refractivity contribution in [3.05, 3.63) is 34.3 Å². The molecule has 1 rings (SSSR count). The van der Waals surface area contributed by atoms with Gasteiger partial charge in [0.2, 0.25) is 0 Å². The molecule has 1 aromatic rings. The maximum absolute atomic E-state index is 11.2. The molecule has 3 nitrogen and oxygen atoms in total. The maximum Gasteiger partial charge on any atom is 0.310 e. The van der Waals surface area contributed by atoms with Crippen LogP contribution >= 0.6 is 11.6 Å². The number of carbonyl (C=O) groups excluding carboxylic acids is 1. The van der Waals surface area contributed by atoms with Gasteiger partial charge < -0.3 is 4.74 Å². The number of esters is 1. The van der Waals surface area contributed by atoms with E-state index in [0.29, 0.717) is 22.8 Å². The fourth-order valence-electron chi connectivity index (χ4n) is 1.15. The molecule has 0 saturated heterocycles. The molecule has 0 atom stereocenters. The molecule has 4 heteroatoms. The van der Waals surface area contributed by atoms with Gasteiger partial charge in [0, 0.05) is 5.02 Å². The van der Waals surface area contributed by atoms with Gasteiger partial charge in [0.25, 0.3) is 0 Å². The highest BCUT2D eigenvalue weighted by molar-refractivity contribution is 6.31. The Kier molecular flexibility index (Phi) is 4.14. The maximum atomic E-state index is 11.2. The van der Waals surface area contributed by atoms with Gasteiger partial charge in [-0.05, 0) is 30.7 Å². The standard InChI is InChI=1S/C11H10ClNO2/c1-2-15-11(14)6-9-5-8(7-13)3-4-10(9)12/h3-5H,2,6H2,1H3. The van der Waals surface area contributed by atoms with Crippen LogP contribution < -0.4 is 0 Å². The van der Waals surface area contributed by atoms with Crippen LogP contribution in [0.25, 0.3) is 0 Å². The van der Waals surface area contributed by atoms with Crippen LogP contribution in [-0.4, -0.2) is 12.6 Å². The first-order valence-corrected chi connectivity index (χ1v) is 4.89. The average Bonchev–Trinajstić information content (AvgIpc) is 2.21. The summed E-state index contributed by atoms with van der Waals surface area (Å²) in [7, 11) is 0. The van der Waals surface area contributed by atoms with Crippen LogP contribution in [0.4, 0.5) is 0 Å². The lowest BCUT2D eigenvalue weighted by molar-refractivity contribution is -0.142. The summed E-state index contributed by atoms with van der Waals surface area (Å²) < 4.78 is 4.79. The van der Waals surface area contributed by atoms with E-state index >= 15 is 0 Å². The van der Waals surface area contributed by atoms with Crippen molar-refractivity contribution in [2.75, 3.05) is 6.61 Å². The van der Waals surface area contributed by atoms with Gasteiger partial charge in [0.1, 0.15) is 0 Å². The van der Waals surface area contributed by atoms with E-state index in [2.05, 4.69) is 0 Å². The predicted octanol–water partition coefficient (Wildman–Crippen LogP) is 2.32. The van der Waals surface area contributed by atoms with E-state index in [1.165, 1.54) is 0 Å². The molecule has 0 aliphatic rings. The zero-order chi connectivity index (χ0) is 11.3. The highest BCUT2D eigenvalue weighted by Gasteiger charge is 2.08. The number of rotatable bonds is 3. The van der Waals surface area contributed by atoms with Gasteiger partial charge in [0.15, 0.2) is 0 Å². The summed E-state index contributed by atoms with van der Waals surface area (Å²) in [6.45, 7) is 2.08. The Morgan fingerprint density at radius 3 is 2.93 bits per heavy atom. The van der Waals surface area contributed by atoms with Crippen LogP contribution in [0.5, 0.6) is 0 Å². The first-order chi connectivity index (χ1) is 7.17. The number of ether oxygens (including phenoxy) is 1. The molecule has 0 unspecified atom stereocenters. The fourth-order valence-corrected chi connectivity index (χ4v) is 1.33. The summed E-state index contributed by atoms with van der Waals surface area (Å²) >= 11 is 5.88. The zero-order valence-electron chi connectivity index (χ0n) is 8.29. The molecule has 15 heavy (non-hydrogen) atoms. The van der Waals surface area contributed by atoms with E-state index in [4.69, 9.17) is 21.6 Å². The molecule has 1 aromatic carbocycles. The average molecular weight is 224 g/mol. The minimum absolute atomic E-state index is 0.0994. The van der Waals surface area contributed by atoms with Crippen molar-refractivity contribution >= 4 is 17.6 Å². The third kappa shape index (κ3) is 3.26. The molecule has 0 saturated carbocycles. The molecular weight excluding hydrogens is 214 g/mol. The molecule has 0 amide bonds. The second-order valence-corrected chi connectivity index (χ2v) is 3.31. The van der Waals surface area contributed by atoms with Crippen LogP contribution in [0, 0.1) is 11.3 Å². The summed E-state index contributed by atoms with van der Waals surface area (Å²) in [5, 5.41) is 9.16. The minimum Gasteiger partial charge on any atom is -0.466 e. The molecule has 0 bridgehead atoms. The van der Waals surface area contributed by atoms with E-state index in [0.717, 1.165) is 0 Å². The van der Waals surface area contributed by atoms with Crippen molar-refractivity contribution in [1.82, 2.24) is 0 Å². The Morgan fingerprint density at radius 2 is 2.33 bits per heavy atom. The molecule has 0 N–H and O–H groups in total. The summed E-state index contributed by atoms with van der Waals surface area (Å²) in [4.78, 5) is 11.2. The van der Waals surface area contributed by atoms with E-state index in [9.17, 15) is 4.79 Å². The zero-order valence-corrected chi connectivity index (χ0v) is 9.04. The molecule has 78 valence electrons. The van der Waals surface area contributed by atoms with Crippen molar-refractivity contribution < 1.29 is 9.53 Å². The van der Waals surface area contributed by atoms with Gasteiger partial charge in [-0.15, -0.1) is 0 Å². The van der Waals surface area contributed by atoms with Gasteiger partial charge in [-0.2, -0.15) is 5.26 Å². The lowest BCUT2D eigenvalue weighted by Crippen LogP contribution is -2.07. The topological polar surface area (TPSA) is 50.1 Å². The third-order valence-electron chi connectivity index (χ3n) is 1.81. The van der Waals surface area contributed by atoms with E-state index < -0.39 is 0 Å². The van der Waals surface area contributed by atoms with E-state index in [1.807, 2.05) is 6.07 Å². The first kappa shape index (κ1) is 11.5. The number of hydrogen-bond acceptors (Lipinski definition) is 3. The SMILES string of the molecule is CCOC(=O)Cc1cc(C#N)ccc1Cl.